The second-order valence-corrected chi connectivity index (χ2v) is 4.26. The number of esters is 1. The first-order valence-electron chi connectivity index (χ1n) is 5.85. The first-order valence-corrected chi connectivity index (χ1v) is 5.85. The number of nitrogens with zero attached hydrogens (tertiary/aromatic N) is 2. The Balaban J connectivity index is 2.15. The summed E-state index contributed by atoms with van der Waals surface area (Å²) in [6, 6.07) is 4.52. The zero-order valence-electron chi connectivity index (χ0n) is 11.1. The fraction of sp³-hybridized carbons (Fsp3) is 0.154. The summed E-state index contributed by atoms with van der Waals surface area (Å²) in [5.41, 5.74) is -1.36. The number of ether oxygens (including phenoxy) is 1. The average Bonchev–Trinajstić information content (AvgIpc) is 2.80. The second-order valence-electron chi connectivity index (χ2n) is 4.26. The van der Waals surface area contributed by atoms with Gasteiger partial charge in [0.2, 0.25) is 0 Å². The van der Waals surface area contributed by atoms with Gasteiger partial charge in [0.1, 0.15) is 11.4 Å². The maximum atomic E-state index is 12.4. The predicted octanol–water partition coefficient (Wildman–Crippen LogP) is 2.36. The summed E-state index contributed by atoms with van der Waals surface area (Å²) in [4.78, 5) is 22.6. The fourth-order valence-electron chi connectivity index (χ4n) is 1.64. The van der Waals surface area contributed by atoms with Gasteiger partial charge in [-0.05, 0) is 24.3 Å². The molecule has 0 aliphatic rings. The highest BCUT2D eigenvalue weighted by Gasteiger charge is 2.30. The van der Waals surface area contributed by atoms with Crippen LogP contribution in [0.2, 0.25) is 0 Å². The van der Waals surface area contributed by atoms with Gasteiger partial charge in [0.25, 0.3) is 0 Å². The topological polar surface area (TPSA) is 81.4 Å². The van der Waals surface area contributed by atoms with Crippen molar-refractivity contribution in [1.82, 2.24) is 9.78 Å². The highest BCUT2D eigenvalue weighted by molar-refractivity contribution is 5.93. The molecule has 1 aromatic heterocycles. The molecular formula is C13H9F3N2O4. The molecule has 0 amide bonds. The zero-order chi connectivity index (χ0) is 16.5. The molecule has 2 aromatic rings. The van der Waals surface area contributed by atoms with Gasteiger partial charge in [-0.3, -0.25) is 4.68 Å². The number of carbonyl (C=O) groups is 2. The number of hydrogen-bond acceptors (Lipinski definition) is 4. The third kappa shape index (κ3) is 3.25. The number of aromatic carboxylic acids is 1. The molecule has 1 N–H and O–H groups in total. The van der Waals surface area contributed by atoms with Crippen LogP contribution in [0.5, 0.6) is 5.75 Å². The van der Waals surface area contributed by atoms with E-state index in [1.807, 2.05) is 0 Å². The van der Waals surface area contributed by atoms with E-state index in [-0.39, 0.29) is 17.1 Å². The van der Waals surface area contributed by atoms with Crippen molar-refractivity contribution in [3.8, 4) is 5.75 Å². The number of aryl methyl sites for hydroxylation is 1. The normalized spacial score (nSPS) is 11.3. The van der Waals surface area contributed by atoms with Crippen LogP contribution in [0.1, 0.15) is 26.5 Å². The molecule has 9 heteroatoms. The van der Waals surface area contributed by atoms with Crippen LogP contribution >= 0.6 is 0 Å². The van der Waals surface area contributed by atoms with Gasteiger partial charge in [-0.1, -0.05) is 0 Å². The van der Waals surface area contributed by atoms with E-state index in [0.29, 0.717) is 0 Å². The minimum atomic E-state index is -4.49. The van der Waals surface area contributed by atoms with Crippen molar-refractivity contribution in [3.63, 3.8) is 0 Å². The van der Waals surface area contributed by atoms with Crippen LogP contribution in [0.3, 0.4) is 0 Å². The summed E-state index contributed by atoms with van der Waals surface area (Å²) >= 11 is 0. The molecule has 22 heavy (non-hydrogen) atoms. The maximum Gasteiger partial charge on any atom is 0.416 e. The number of carboxylic acids is 1. The minimum Gasteiger partial charge on any atom is -0.477 e. The number of carboxylic acid groups (broad SMARTS) is 1. The van der Waals surface area contributed by atoms with Crippen LogP contribution in [0, 0.1) is 0 Å². The number of benzene rings is 1. The predicted molar refractivity (Wildman–Crippen MR) is 66.6 cm³/mol. The van der Waals surface area contributed by atoms with E-state index in [4.69, 9.17) is 9.84 Å². The lowest BCUT2D eigenvalue weighted by atomic mass is 10.2. The number of halogens is 3. The third-order valence-corrected chi connectivity index (χ3v) is 2.70. The van der Waals surface area contributed by atoms with Crippen LogP contribution in [0.15, 0.2) is 30.3 Å². The van der Waals surface area contributed by atoms with Crippen molar-refractivity contribution in [3.05, 3.63) is 47.3 Å². The average molecular weight is 314 g/mol. The van der Waals surface area contributed by atoms with Crippen LogP contribution in [0.4, 0.5) is 13.2 Å². The van der Waals surface area contributed by atoms with Crippen molar-refractivity contribution in [2.24, 2.45) is 7.05 Å². The van der Waals surface area contributed by atoms with Gasteiger partial charge >= 0.3 is 18.1 Å². The Hall–Kier alpha value is -2.84. The molecule has 0 spiro atoms. The Bertz CT molecular complexity index is 720. The van der Waals surface area contributed by atoms with Crippen molar-refractivity contribution in [2.75, 3.05) is 0 Å². The van der Waals surface area contributed by atoms with E-state index < -0.39 is 23.7 Å². The number of alkyl halides is 3. The van der Waals surface area contributed by atoms with Gasteiger partial charge in [0.05, 0.1) is 5.56 Å². The molecule has 0 unspecified atom stereocenters. The largest absolute Gasteiger partial charge is 0.477 e. The number of aromatic nitrogens is 2. The molecular weight excluding hydrogens is 305 g/mol. The number of carbonyl (C=O) groups excluding carboxylic acids is 1. The Kier molecular flexibility index (Phi) is 3.89. The fourth-order valence-corrected chi connectivity index (χ4v) is 1.64. The molecule has 116 valence electrons. The minimum absolute atomic E-state index is 0.111. The molecule has 2 rings (SSSR count). The van der Waals surface area contributed by atoms with Crippen LogP contribution < -0.4 is 4.74 Å². The van der Waals surface area contributed by atoms with E-state index in [1.165, 1.54) is 7.05 Å². The Morgan fingerprint density at radius 2 is 1.82 bits per heavy atom. The number of rotatable bonds is 3. The second kappa shape index (κ2) is 5.51. The quantitative estimate of drug-likeness (QED) is 0.695. The molecule has 0 saturated heterocycles. The SMILES string of the molecule is Cn1nc(C(=O)Oc2ccc(C(F)(F)F)cc2)cc1C(=O)O. The molecule has 6 nitrogen and oxygen atoms in total. The molecule has 0 saturated carbocycles. The van der Waals surface area contributed by atoms with Crippen LogP contribution in [-0.2, 0) is 13.2 Å². The molecule has 0 bridgehead atoms. The lowest BCUT2D eigenvalue weighted by Crippen LogP contribution is -2.10. The van der Waals surface area contributed by atoms with Gasteiger partial charge in [0, 0.05) is 13.1 Å². The van der Waals surface area contributed by atoms with Gasteiger partial charge < -0.3 is 9.84 Å². The smallest absolute Gasteiger partial charge is 0.416 e. The zero-order valence-corrected chi connectivity index (χ0v) is 11.1. The van der Waals surface area contributed by atoms with Crippen molar-refractivity contribution >= 4 is 11.9 Å². The first kappa shape index (κ1) is 15.5. The molecule has 0 atom stereocenters. The van der Waals surface area contributed by atoms with Crippen LogP contribution in [0.25, 0.3) is 0 Å². The van der Waals surface area contributed by atoms with E-state index in [2.05, 4.69) is 5.10 Å². The summed E-state index contributed by atoms with van der Waals surface area (Å²) in [5.74, 6) is -2.35. The van der Waals surface area contributed by atoms with E-state index in [1.54, 1.807) is 0 Å². The Morgan fingerprint density at radius 3 is 2.27 bits per heavy atom. The Morgan fingerprint density at radius 1 is 1.23 bits per heavy atom. The maximum absolute atomic E-state index is 12.4. The van der Waals surface area contributed by atoms with Gasteiger partial charge in [-0.2, -0.15) is 18.3 Å². The van der Waals surface area contributed by atoms with Gasteiger partial charge in [-0.15, -0.1) is 0 Å². The van der Waals surface area contributed by atoms with Gasteiger partial charge in [-0.25, -0.2) is 9.59 Å². The van der Waals surface area contributed by atoms with Crippen LogP contribution in [-0.4, -0.2) is 26.8 Å². The molecule has 0 radical (unpaired) electrons. The van der Waals surface area contributed by atoms with Crippen molar-refractivity contribution in [1.29, 1.82) is 0 Å². The molecule has 1 heterocycles. The Labute approximate surface area is 121 Å². The molecule has 0 aliphatic carbocycles. The first-order chi connectivity index (χ1) is 10.2. The van der Waals surface area contributed by atoms with E-state index in [9.17, 15) is 22.8 Å². The van der Waals surface area contributed by atoms with Gasteiger partial charge in [0.15, 0.2) is 5.69 Å². The third-order valence-electron chi connectivity index (χ3n) is 2.70. The highest BCUT2D eigenvalue weighted by Crippen LogP contribution is 2.30. The lowest BCUT2D eigenvalue weighted by Gasteiger charge is -2.07. The van der Waals surface area contributed by atoms with Crippen molar-refractivity contribution in [2.45, 2.75) is 6.18 Å². The molecule has 1 aromatic carbocycles. The molecule has 0 fully saturated rings. The monoisotopic (exact) mass is 314 g/mol. The van der Waals surface area contributed by atoms with Crippen molar-refractivity contribution < 1.29 is 32.6 Å². The number of hydrogen-bond donors (Lipinski definition) is 1. The summed E-state index contributed by atoms with van der Waals surface area (Å²) in [5, 5.41) is 12.5. The van der Waals surface area contributed by atoms with E-state index in [0.717, 1.165) is 35.0 Å². The summed E-state index contributed by atoms with van der Waals surface area (Å²) in [6.07, 6.45) is -4.49. The highest BCUT2D eigenvalue weighted by atomic mass is 19.4. The molecule has 0 aliphatic heterocycles. The standard InChI is InChI=1S/C13H9F3N2O4/c1-18-10(11(19)20)6-9(17-18)12(21)22-8-4-2-7(3-5-8)13(14,15)16/h2-6H,1H3,(H,19,20). The van der Waals surface area contributed by atoms with E-state index >= 15 is 0 Å². The summed E-state index contributed by atoms with van der Waals surface area (Å²) in [6.45, 7) is 0. The lowest BCUT2D eigenvalue weighted by molar-refractivity contribution is -0.137. The summed E-state index contributed by atoms with van der Waals surface area (Å²) < 4.78 is 43.0. The summed E-state index contributed by atoms with van der Waals surface area (Å²) in [7, 11) is 1.33.